The van der Waals surface area contributed by atoms with Crippen molar-refractivity contribution in [3.8, 4) is 0 Å². The average molecular weight is 137 g/mol. The van der Waals surface area contributed by atoms with Gasteiger partial charge in [-0.15, -0.1) is 0 Å². The lowest BCUT2D eigenvalue weighted by Crippen LogP contribution is -2.14. The molecule has 0 N–H and O–H groups in total. The molecule has 0 heterocycles. The molecule has 0 aliphatic rings. The fraction of sp³-hybridized carbons (Fsp3) is 0.125. The Morgan fingerprint density at radius 3 is 2.30 bits per heavy atom. The van der Waals surface area contributed by atoms with Crippen LogP contribution in [0.4, 0.5) is 0 Å². The van der Waals surface area contributed by atoms with Gasteiger partial charge in [-0.1, -0.05) is 19.7 Å². The number of ketones is 1. The molecule has 0 amide bonds. The van der Waals surface area contributed by atoms with Gasteiger partial charge < -0.3 is 4.90 Å². The predicted molar refractivity (Wildman–Crippen MR) is 42.3 cm³/mol. The van der Waals surface area contributed by atoms with E-state index in [0.717, 1.165) is 0 Å². The van der Waals surface area contributed by atoms with E-state index in [1.807, 2.05) is 0 Å². The second-order valence-corrected chi connectivity index (χ2v) is 1.81. The number of carbonyl (C=O) groups excluding carboxylic acids is 1. The van der Waals surface area contributed by atoms with E-state index in [2.05, 4.69) is 19.7 Å². The van der Waals surface area contributed by atoms with Crippen LogP contribution in [0.5, 0.6) is 0 Å². The smallest absolute Gasteiger partial charge is 0.200 e. The number of hydrogen-bond acceptors (Lipinski definition) is 2. The molecule has 0 aliphatic carbocycles. The van der Waals surface area contributed by atoms with Crippen molar-refractivity contribution in [1.29, 1.82) is 0 Å². The number of rotatable bonds is 4. The Morgan fingerprint density at radius 1 is 1.50 bits per heavy atom. The molecule has 0 aromatic rings. The first-order valence-corrected chi connectivity index (χ1v) is 2.84. The van der Waals surface area contributed by atoms with Crippen molar-refractivity contribution in [2.45, 2.75) is 0 Å². The summed E-state index contributed by atoms with van der Waals surface area (Å²) in [5.74, 6) is -0.178. The topological polar surface area (TPSA) is 20.3 Å². The molecule has 0 aliphatic heterocycles. The van der Waals surface area contributed by atoms with Crippen molar-refractivity contribution in [3.63, 3.8) is 0 Å². The summed E-state index contributed by atoms with van der Waals surface area (Å²) in [5.41, 5.74) is 0.380. The molecular formula is C8H11NO. The van der Waals surface area contributed by atoms with Gasteiger partial charge in [0.1, 0.15) is 0 Å². The molecule has 0 saturated heterocycles. The van der Waals surface area contributed by atoms with Gasteiger partial charge in [0.25, 0.3) is 0 Å². The molecule has 0 aromatic heterocycles. The van der Waals surface area contributed by atoms with Gasteiger partial charge in [0.15, 0.2) is 0 Å². The summed E-state index contributed by atoms with van der Waals surface area (Å²) in [5, 5.41) is 0. The average Bonchev–Trinajstić information content (AvgIpc) is 2.00. The molecule has 0 aromatic carbocycles. The van der Waals surface area contributed by atoms with Gasteiger partial charge in [-0.25, -0.2) is 0 Å². The van der Waals surface area contributed by atoms with E-state index in [9.17, 15) is 4.79 Å². The maximum atomic E-state index is 10.8. The lowest BCUT2D eigenvalue weighted by Gasteiger charge is -2.12. The van der Waals surface area contributed by atoms with E-state index in [4.69, 9.17) is 0 Å². The zero-order valence-electron chi connectivity index (χ0n) is 6.13. The monoisotopic (exact) mass is 137 g/mol. The summed E-state index contributed by atoms with van der Waals surface area (Å²) >= 11 is 0. The number of carbonyl (C=O) groups is 1. The lowest BCUT2D eigenvalue weighted by molar-refractivity contribution is -0.112. The highest BCUT2D eigenvalue weighted by Gasteiger charge is 2.03. The van der Waals surface area contributed by atoms with Crippen LogP contribution in [-0.4, -0.2) is 17.7 Å². The fourth-order valence-corrected chi connectivity index (χ4v) is 0.402. The van der Waals surface area contributed by atoms with Crippen LogP contribution in [-0.2, 0) is 4.79 Å². The Hall–Kier alpha value is -1.31. The molecule has 0 spiro atoms. The van der Waals surface area contributed by atoms with E-state index in [-0.39, 0.29) is 5.78 Å². The Balaban J connectivity index is 4.21. The molecule has 0 radical (unpaired) electrons. The Bertz CT molecular complexity index is 182. The quantitative estimate of drug-likeness (QED) is 0.545. The first-order valence-electron chi connectivity index (χ1n) is 2.84. The summed E-state index contributed by atoms with van der Waals surface area (Å²) in [6.07, 6.45) is 2.74. The van der Waals surface area contributed by atoms with Crippen LogP contribution in [0.2, 0.25) is 0 Å². The molecule has 0 unspecified atom stereocenters. The second kappa shape index (κ2) is 3.67. The first-order chi connectivity index (χ1) is 4.63. The largest absolute Gasteiger partial charge is 0.349 e. The van der Waals surface area contributed by atoms with Crippen LogP contribution in [0.15, 0.2) is 37.7 Å². The van der Waals surface area contributed by atoms with Gasteiger partial charge in [0.05, 0.1) is 5.70 Å². The van der Waals surface area contributed by atoms with Crippen LogP contribution >= 0.6 is 0 Å². The standard InChI is InChI=1S/C8H11NO/c1-5-8(10)7(3)9(4)6-2/h5-6H,1-3H2,4H3. The molecule has 0 saturated carbocycles. The third kappa shape index (κ3) is 1.90. The maximum Gasteiger partial charge on any atom is 0.200 e. The van der Waals surface area contributed by atoms with E-state index in [1.54, 1.807) is 11.9 Å². The maximum absolute atomic E-state index is 10.8. The minimum atomic E-state index is -0.178. The zero-order valence-corrected chi connectivity index (χ0v) is 6.13. The van der Waals surface area contributed by atoms with Gasteiger partial charge in [0.2, 0.25) is 5.78 Å². The fourth-order valence-electron chi connectivity index (χ4n) is 0.402. The normalized spacial score (nSPS) is 8.10. The van der Waals surface area contributed by atoms with E-state index < -0.39 is 0 Å². The highest BCUT2D eigenvalue weighted by atomic mass is 16.1. The van der Waals surface area contributed by atoms with Crippen molar-refractivity contribution >= 4 is 5.78 Å². The number of likely N-dealkylation sites (N-methyl/N-ethyl adjacent to an activating group) is 1. The highest BCUT2D eigenvalue weighted by Crippen LogP contribution is 1.99. The second-order valence-electron chi connectivity index (χ2n) is 1.81. The van der Waals surface area contributed by atoms with Crippen molar-refractivity contribution in [3.05, 3.63) is 37.7 Å². The minimum Gasteiger partial charge on any atom is -0.349 e. The van der Waals surface area contributed by atoms with Gasteiger partial charge >= 0.3 is 0 Å². The summed E-state index contributed by atoms with van der Waals surface area (Å²) in [6.45, 7) is 10.3. The molecule has 2 heteroatoms. The highest BCUT2D eigenvalue weighted by molar-refractivity contribution is 6.02. The van der Waals surface area contributed by atoms with Gasteiger partial charge in [-0.3, -0.25) is 4.79 Å². The van der Waals surface area contributed by atoms with Crippen LogP contribution in [0.25, 0.3) is 0 Å². The minimum absolute atomic E-state index is 0.178. The van der Waals surface area contributed by atoms with Crippen molar-refractivity contribution in [1.82, 2.24) is 4.90 Å². The van der Waals surface area contributed by atoms with E-state index in [1.165, 1.54) is 12.3 Å². The molecule has 0 bridgehead atoms. The molecule has 10 heavy (non-hydrogen) atoms. The number of allylic oxidation sites excluding steroid dienone is 1. The molecule has 0 fully saturated rings. The predicted octanol–water partition coefficient (Wildman–Crippen LogP) is 1.33. The summed E-state index contributed by atoms with van der Waals surface area (Å²) < 4.78 is 0. The number of nitrogens with zero attached hydrogens (tertiary/aromatic N) is 1. The van der Waals surface area contributed by atoms with Crippen LogP contribution in [0, 0.1) is 0 Å². The summed E-state index contributed by atoms with van der Waals surface area (Å²) in [4.78, 5) is 12.4. The molecule has 0 atom stereocenters. The zero-order chi connectivity index (χ0) is 8.15. The van der Waals surface area contributed by atoms with Gasteiger partial charge in [-0.2, -0.15) is 0 Å². The molecular weight excluding hydrogens is 126 g/mol. The third-order valence-corrected chi connectivity index (χ3v) is 1.17. The van der Waals surface area contributed by atoms with Crippen LogP contribution < -0.4 is 0 Å². The lowest BCUT2D eigenvalue weighted by atomic mass is 10.3. The number of hydrogen-bond donors (Lipinski definition) is 0. The Morgan fingerprint density at radius 2 is 2.00 bits per heavy atom. The van der Waals surface area contributed by atoms with Crippen molar-refractivity contribution in [2.24, 2.45) is 0 Å². The van der Waals surface area contributed by atoms with Crippen LogP contribution in [0.3, 0.4) is 0 Å². The van der Waals surface area contributed by atoms with Crippen LogP contribution in [0.1, 0.15) is 0 Å². The van der Waals surface area contributed by atoms with E-state index in [0.29, 0.717) is 5.70 Å². The van der Waals surface area contributed by atoms with Gasteiger partial charge in [-0.05, 0) is 12.3 Å². The Labute approximate surface area is 61.1 Å². The van der Waals surface area contributed by atoms with Crippen molar-refractivity contribution in [2.75, 3.05) is 7.05 Å². The van der Waals surface area contributed by atoms with Crippen molar-refractivity contribution < 1.29 is 4.79 Å². The Kier molecular flexibility index (Phi) is 3.19. The van der Waals surface area contributed by atoms with E-state index >= 15 is 0 Å². The first kappa shape index (κ1) is 8.69. The summed E-state index contributed by atoms with van der Waals surface area (Å²) in [6, 6.07) is 0. The molecule has 2 nitrogen and oxygen atoms in total. The summed E-state index contributed by atoms with van der Waals surface area (Å²) in [7, 11) is 1.71. The SMILES string of the molecule is C=CC(=O)C(=C)N(C)C=C. The molecule has 54 valence electrons. The third-order valence-electron chi connectivity index (χ3n) is 1.17. The van der Waals surface area contributed by atoms with Gasteiger partial charge in [0, 0.05) is 7.05 Å². The molecule has 0 rings (SSSR count).